The average molecular weight is 299 g/mol. The molecular weight excluding hydrogens is 282 g/mol. The molecule has 1 N–H and O–H groups in total. The highest BCUT2D eigenvalue weighted by Gasteiger charge is 2.19. The zero-order chi connectivity index (χ0) is 14.8. The van der Waals surface area contributed by atoms with Gasteiger partial charge in [-0.25, -0.2) is 0 Å². The highest BCUT2D eigenvalue weighted by Crippen LogP contribution is 2.31. The van der Waals surface area contributed by atoms with E-state index in [-0.39, 0.29) is 5.78 Å². The van der Waals surface area contributed by atoms with Gasteiger partial charge in [0.2, 0.25) is 0 Å². The number of ether oxygens (including phenoxy) is 1. The van der Waals surface area contributed by atoms with Gasteiger partial charge in [0, 0.05) is 22.7 Å². The maximum Gasteiger partial charge on any atom is 0.196 e. The summed E-state index contributed by atoms with van der Waals surface area (Å²) in [5.74, 6) is 0.819. The van der Waals surface area contributed by atoms with E-state index in [4.69, 9.17) is 4.74 Å². The second-order valence-corrected chi connectivity index (χ2v) is 5.77. The van der Waals surface area contributed by atoms with E-state index in [0.29, 0.717) is 12.2 Å². The predicted molar refractivity (Wildman–Crippen MR) is 86.6 cm³/mol. The summed E-state index contributed by atoms with van der Waals surface area (Å²) in [5.41, 5.74) is 3.40. The van der Waals surface area contributed by atoms with Crippen molar-refractivity contribution in [3.05, 3.63) is 51.8 Å². The Morgan fingerprint density at radius 3 is 2.86 bits per heavy atom. The molecule has 0 atom stereocenters. The second kappa shape index (κ2) is 5.74. The number of hydrogen-bond acceptors (Lipinski definition) is 3. The minimum absolute atomic E-state index is 0.0487. The van der Waals surface area contributed by atoms with Crippen LogP contribution >= 0.6 is 11.3 Å². The number of aryl methyl sites for hydroxylation is 1. The van der Waals surface area contributed by atoms with Crippen LogP contribution in [0.15, 0.2) is 35.2 Å². The first-order valence-corrected chi connectivity index (χ1v) is 7.97. The standard InChI is InChI=1S/C17H17NO2S/c1-3-7-20-15-6-4-5-14-16(15)12(8-18-14)17(19)13-10-21-9-11(13)2/h4-6,8-10,18H,3,7H2,1-2H3. The van der Waals surface area contributed by atoms with Gasteiger partial charge in [0.25, 0.3) is 0 Å². The van der Waals surface area contributed by atoms with Crippen LogP contribution in [-0.2, 0) is 0 Å². The summed E-state index contributed by atoms with van der Waals surface area (Å²) in [4.78, 5) is 15.9. The fraction of sp³-hybridized carbons (Fsp3) is 0.235. The van der Waals surface area contributed by atoms with Crippen LogP contribution in [-0.4, -0.2) is 17.4 Å². The Bertz CT molecular complexity index is 785. The van der Waals surface area contributed by atoms with E-state index in [1.165, 1.54) is 0 Å². The number of ketones is 1. The zero-order valence-corrected chi connectivity index (χ0v) is 12.9. The molecule has 0 saturated carbocycles. The zero-order valence-electron chi connectivity index (χ0n) is 12.1. The highest BCUT2D eigenvalue weighted by molar-refractivity contribution is 7.08. The maximum atomic E-state index is 12.8. The molecule has 0 unspecified atom stereocenters. The van der Waals surface area contributed by atoms with Crippen molar-refractivity contribution < 1.29 is 9.53 Å². The number of fused-ring (bicyclic) bond motifs is 1. The molecule has 0 fully saturated rings. The lowest BCUT2D eigenvalue weighted by molar-refractivity contribution is 0.104. The van der Waals surface area contributed by atoms with E-state index >= 15 is 0 Å². The van der Waals surface area contributed by atoms with Crippen LogP contribution < -0.4 is 4.74 Å². The largest absolute Gasteiger partial charge is 0.493 e. The third-order valence-electron chi connectivity index (χ3n) is 3.47. The Balaban J connectivity index is 2.10. The Labute approximate surface area is 127 Å². The van der Waals surface area contributed by atoms with Crippen molar-refractivity contribution in [2.75, 3.05) is 6.61 Å². The van der Waals surface area contributed by atoms with E-state index in [1.54, 1.807) is 17.5 Å². The van der Waals surface area contributed by atoms with Crippen LogP contribution in [0, 0.1) is 6.92 Å². The van der Waals surface area contributed by atoms with Gasteiger partial charge in [0.05, 0.1) is 17.6 Å². The summed E-state index contributed by atoms with van der Waals surface area (Å²) >= 11 is 1.55. The van der Waals surface area contributed by atoms with Gasteiger partial charge < -0.3 is 9.72 Å². The second-order valence-electron chi connectivity index (χ2n) is 5.03. The number of benzene rings is 1. The summed E-state index contributed by atoms with van der Waals surface area (Å²) in [5, 5.41) is 4.78. The van der Waals surface area contributed by atoms with Crippen molar-refractivity contribution in [1.82, 2.24) is 4.98 Å². The van der Waals surface area contributed by atoms with Gasteiger partial charge >= 0.3 is 0 Å². The van der Waals surface area contributed by atoms with E-state index in [0.717, 1.165) is 34.2 Å². The molecule has 21 heavy (non-hydrogen) atoms. The topological polar surface area (TPSA) is 42.1 Å². The predicted octanol–water partition coefficient (Wildman–Crippen LogP) is 4.56. The van der Waals surface area contributed by atoms with Crippen molar-refractivity contribution in [2.24, 2.45) is 0 Å². The Hall–Kier alpha value is -2.07. The molecule has 4 heteroatoms. The quantitative estimate of drug-likeness (QED) is 0.702. The number of nitrogens with one attached hydrogen (secondary N) is 1. The highest BCUT2D eigenvalue weighted by atomic mass is 32.1. The van der Waals surface area contributed by atoms with Gasteiger partial charge in [0.1, 0.15) is 5.75 Å². The number of rotatable bonds is 5. The van der Waals surface area contributed by atoms with E-state index in [2.05, 4.69) is 11.9 Å². The molecule has 0 aliphatic heterocycles. The van der Waals surface area contributed by atoms with Gasteiger partial charge in [-0.15, -0.1) is 0 Å². The molecule has 0 radical (unpaired) electrons. The van der Waals surface area contributed by atoms with Crippen molar-refractivity contribution in [2.45, 2.75) is 20.3 Å². The SMILES string of the molecule is CCCOc1cccc2[nH]cc(C(=O)c3cscc3C)c12. The minimum atomic E-state index is 0.0487. The van der Waals surface area contributed by atoms with Crippen LogP contribution in [0.4, 0.5) is 0 Å². The normalized spacial score (nSPS) is 11.0. The Morgan fingerprint density at radius 2 is 2.14 bits per heavy atom. The van der Waals surface area contributed by atoms with Crippen molar-refractivity contribution in [1.29, 1.82) is 0 Å². The molecule has 0 aliphatic carbocycles. The Kier molecular flexibility index (Phi) is 3.80. The lowest BCUT2D eigenvalue weighted by Gasteiger charge is -2.07. The van der Waals surface area contributed by atoms with Crippen LogP contribution in [0.1, 0.15) is 34.8 Å². The monoisotopic (exact) mass is 299 g/mol. The molecule has 2 aromatic heterocycles. The summed E-state index contributed by atoms with van der Waals surface area (Å²) in [7, 11) is 0. The third-order valence-corrected chi connectivity index (χ3v) is 4.34. The van der Waals surface area contributed by atoms with Crippen LogP contribution in [0.2, 0.25) is 0 Å². The number of thiophene rings is 1. The number of H-pyrrole nitrogens is 1. The van der Waals surface area contributed by atoms with Gasteiger partial charge in [-0.05, 0) is 36.4 Å². The lowest BCUT2D eigenvalue weighted by atomic mass is 10.0. The van der Waals surface area contributed by atoms with E-state index in [1.807, 2.05) is 35.9 Å². The first-order valence-electron chi connectivity index (χ1n) is 7.02. The molecule has 0 saturated heterocycles. The van der Waals surface area contributed by atoms with E-state index in [9.17, 15) is 4.79 Å². The van der Waals surface area contributed by atoms with Gasteiger partial charge in [0.15, 0.2) is 5.78 Å². The minimum Gasteiger partial charge on any atom is -0.493 e. The molecule has 0 spiro atoms. The number of carbonyl (C=O) groups is 1. The summed E-state index contributed by atoms with van der Waals surface area (Å²) in [6.45, 7) is 4.68. The Morgan fingerprint density at radius 1 is 1.29 bits per heavy atom. The van der Waals surface area contributed by atoms with Crippen LogP contribution in [0.25, 0.3) is 10.9 Å². The van der Waals surface area contributed by atoms with Crippen molar-refractivity contribution >= 4 is 28.0 Å². The smallest absolute Gasteiger partial charge is 0.196 e. The van der Waals surface area contributed by atoms with Crippen LogP contribution in [0.3, 0.4) is 0 Å². The summed E-state index contributed by atoms with van der Waals surface area (Å²) in [6, 6.07) is 5.82. The average Bonchev–Trinajstić information content (AvgIpc) is 3.10. The fourth-order valence-electron chi connectivity index (χ4n) is 2.40. The molecule has 1 aromatic carbocycles. The molecule has 108 valence electrons. The first kappa shape index (κ1) is 13.9. The lowest BCUT2D eigenvalue weighted by Crippen LogP contribution is -2.02. The van der Waals surface area contributed by atoms with Gasteiger partial charge in [-0.3, -0.25) is 4.79 Å². The molecule has 0 bridgehead atoms. The maximum absolute atomic E-state index is 12.8. The fourth-order valence-corrected chi connectivity index (χ4v) is 3.23. The summed E-state index contributed by atoms with van der Waals surface area (Å²) < 4.78 is 5.80. The third kappa shape index (κ3) is 2.47. The molecule has 3 rings (SSSR count). The molecular formula is C17H17NO2S. The number of carbonyl (C=O) groups excluding carboxylic acids is 1. The van der Waals surface area contributed by atoms with E-state index < -0.39 is 0 Å². The van der Waals surface area contributed by atoms with Gasteiger partial charge in [-0.2, -0.15) is 11.3 Å². The van der Waals surface area contributed by atoms with Crippen LogP contribution in [0.5, 0.6) is 5.75 Å². The number of aromatic amines is 1. The summed E-state index contributed by atoms with van der Waals surface area (Å²) in [6.07, 6.45) is 2.72. The number of hydrogen-bond donors (Lipinski definition) is 1. The molecule has 2 heterocycles. The van der Waals surface area contributed by atoms with Crippen molar-refractivity contribution in [3.63, 3.8) is 0 Å². The molecule has 0 aliphatic rings. The molecule has 3 nitrogen and oxygen atoms in total. The molecule has 3 aromatic rings. The number of aromatic nitrogens is 1. The van der Waals surface area contributed by atoms with Crippen molar-refractivity contribution in [3.8, 4) is 5.75 Å². The van der Waals surface area contributed by atoms with Gasteiger partial charge in [-0.1, -0.05) is 13.0 Å². The first-order chi connectivity index (χ1) is 10.2. The molecule has 0 amide bonds.